The second-order valence-corrected chi connectivity index (χ2v) is 4.77. The van der Waals surface area contributed by atoms with Crippen LogP contribution in [-0.2, 0) is 11.2 Å². The van der Waals surface area contributed by atoms with Crippen molar-refractivity contribution in [3.63, 3.8) is 0 Å². The monoisotopic (exact) mass is 281 g/mol. The molecule has 1 aromatic heterocycles. The molecule has 0 aliphatic carbocycles. The molecule has 0 bridgehead atoms. The number of carbonyl (C=O) groups excluding carboxylic acids is 1. The molecule has 21 heavy (non-hydrogen) atoms. The van der Waals surface area contributed by atoms with Crippen LogP contribution in [0.3, 0.4) is 0 Å². The number of hydrogen-bond acceptors (Lipinski definition) is 3. The summed E-state index contributed by atoms with van der Waals surface area (Å²) in [7, 11) is 1.63. The quantitative estimate of drug-likeness (QED) is 0.769. The molecule has 0 radical (unpaired) electrons. The molecule has 1 amide bonds. The van der Waals surface area contributed by atoms with E-state index < -0.39 is 0 Å². The smallest absolute Gasteiger partial charge is 0.221 e. The SMILES string of the molecule is COc1ccc(-c2nc3c(CC(N)=O)cccc3[nH]2)cc1. The van der Waals surface area contributed by atoms with Crippen LogP contribution in [0.25, 0.3) is 22.4 Å². The summed E-state index contributed by atoms with van der Waals surface area (Å²) in [6.45, 7) is 0. The Balaban J connectivity index is 2.05. The van der Waals surface area contributed by atoms with Crippen LogP contribution in [0.2, 0.25) is 0 Å². The molecule has 0 saturated heterocycles. The molecule has 5 nitrogen and oxygen atoms in total. The molecule has 106 valence electrons. The van der Waals surface area contributed by atoms with Gasteiger partial charge in [0.1, 0.15) is 11.6 Å². The average molecular weight is 281 g/mol. The van der Waals surface area contributed by atoms with Gasteiger partial charge in [-0.25, -0.2) is 4.98 Å². The fourth-order valence-electron chi connectivity index (χ4n) is 2.31. The Morgan fingerprint density at radius 2 is 2.00 bits per heavy atom. The number of H-pyrrole nitrogens is 1. The van der Waals surface area contributed by atoms with E-state index in [0.717, 1.165) is 33.7 Å². The summed E-state index contributed by atoms with van der Waals surface area (Å²) in [6.07, 6.45) is 0.185. The molecule has 2 aromatic carbocycles. The fourth-order valence-corrected chi connectivity index (χ4v) is 2.31. The van der Waals surface area contributed by atoms with Crippen LogP contribution in [0, 0.1) is 0 Å². The number of ether oxygens (including phenoxy) is 1. The molecule has 0 saturated carbocycles. The largest absolute Gasteiger partial charge is 0.497 e. The number of carbonyl (C=O) groups is 1. The summed E-state index contributed by atoms with van der Waals surface area (Å²) >= 11 is 0. The van der Waals surface area contributed by atoms with Crippen molar-refractivity contribution in [2.45, 2.75) is 6.42 Å². The number of imidazole rings is 1. The van der Waals surface area contributed by atoms with Crippen molar-refractivity contribution >= 4 is 16.9 Å². The van der Waals surface area contributed by atoms with E-state index in [0.29, 0.717) is 0 Å². The third-order valence-corrected chi connectivity index (χ3v) is 3.32. The van der Waals surface area contributed by atoms with Crippen LogP contribution in [0.1, 0.15) is 5.56 Å². The molecule has 0 spiro atoms. The van der Waals surface area contributed by atoms with Crippen molar-refractivity contribution in [3.8, 4) is 17.1 Å². The van der Waals surface area contributed by atoms with Gasteiger partial charge in [-0.3, -0.25) is 4.79 Å². The van der Waals surface area contributed by atoms with E-state index >= 15 is 0 Å². The number of nitrogens with one attached hydrogen (secondary N) is 1. The summed E-state index contributed by atoms with van der Waals surface area (Å²) in [5, 5.41) is 0. The lowest BCUT2D eigenvalue weighted by Gasteiger charge is -2.00. The van der Waals surface area contributed by atoms with Crippen molar-refractivity contribution in [2.24, 2.45) is 5.73 Å². The zero-order valence-electron chi connectivity index (χ0n) is 11.6. The number of aromatic nitrogens is 2. The summed E-state index contributed by atoms with van der Waals surface area (Å²) in [4.78, 5) is 19.0. The van der Waals surface area contributed by atoms with Crippen LogP contribution >= 0.6 is 0 Å². The Bertz CT molecular complexity index is 791. The summed E-state index contributed by atoms with van der Waals surface area (Å²) < 4.78 is 5.14. The molecule has 0 unspecified atom stereocenters. The van der Waals surface area contributed by atoms with Crippen molar-refractivity contribution < 1.29 is 9.53 Å². The molecule has 0 aliphatic heterocycles. The van der Waals surface area contributed by atoms with Gasteiger partial charge in [0, 0.05) is 5.56 Å². The second-order valence-electron chi connectivity index (χ2n) is 4.77. The molecule has 1 heterocycles. The topological polar surface area (TPSA) is 81.0 Å². The Labute approximate surface area is 121 Å². The van der Waals surface area contributed by atoms with Crippen LogP contribution in [0.15, 0.2) is 42.5 Å². The Morgan fingerprint density at radius 3 is 2.67 bits per heavy atom. The number of aromatic amines is 1. The lowest BCUT2D eigenvalue weighted by Crippen LogP contribution is -2.13. The first-order valence-electron chi connectivity index (χ1n) is 6.57. The highest BCUT2D eigenvalue weighted by molar-refractivity contribution is 5.87. The third-order valence-electron chi connectivity index (χ3n) is 3.32. The number of hydrogen-bond donors (Lipinski definition) is 2. The number of benzene rings is 2. The molecule has 3 rings (SSSR count). The highest BCUT2D eigenvalue weighted by Crippen LogP contribution is 2.24. The molecular weight excluding hydrogens is 266 g/mol. The minimum Gasteiger partial charge on any atom is -0.497 e. The number of nitrogens with zero attached hydrogens (tertiary/aromatic N) is 1. The highest BCUT2D eigenvalue weighted by atomic mass is 16.5. The molecule has 0 aliphatic rings. The maximum absolute atomic E-state index is 11.1. The zero-order chi connectivity index (χ0) is 14.8. The normalized spacial score (nSPS) is 10.7. The van der Waals surface area contributed by atoms with Crippen molar-refractivity contribution in [1.29, 1.82) is 0 Å². The first-order chi connectivity index (χ1) is 10.2. The lowest BCUT2D eigenvalue weighted by molar-refractivity contribution is -0.117. The lowest BCUT2D eigenvalue weighted by atomic mass is 10.1. The number of nitrogens with two attached hydrogens (primary N) is 1. The van der Waals surface area contributed by atoms with E-state index in [1.165, 1.54) is 0 Å². The highest BCUT2D eigenvalue weighted by Gasteiger charge is 2.10. The number of fused-ring (bicyclic) bond motifs is 1. The van der Waals surface area contributed by atoms with Gasteiger partial charge >= 0.3 is 0 Å². The Kier molecular flexibility index (Phi) is 3.31. The summed E-state index contributed by atoms with van der Waals surface area (Å²) in [5.74, 6) is 1.19. The van der Waals surface area contributed by atoms with E-state index in [2.05, 4.69) is 9.97 Å². The van der Waals surface area contributed by atoms with Crippen molar-refractivity contribution in [3.05, 3.63) is 48.0 Å². The van der Waals surface area contributed by atoms with E-state index in [-0.39, 0.29) is 12.3 Å². The van der Waals surface area contributed by atoms with E-state index in [4.69, 9.17) is 10.5 Å². The minimum absolute atomic E-state index is 0.185. The average Bonchev–Trinajstić information content (AvgIpc) is 2.92. The Morgan fingerprint density at radius 1 is 1.24 bits per heavy atom. The molecular formula is C16H15N3O2. The van der Waals surface area contributed by atoms with Crippen LogP contribution < -0.4 is 10.5 Å². The van der Waals surface area contributed by atoms with E-state index in [1.807, 2.05) is 42.5 Å². The minimum atomic E-state index is -0.364. The van der Waals surface area contributed by atoms with Crippen molar-refractivity contribution in [2.75, 3.05) is 7.11 Å². The van der Waals surface area contributed by atoms with E-state index in [1.54, 1.807) is 7.11 Å². The summed E-state index contributed by atoms with van der Waals surface area (Å²) in [6, 6.07) is 13.3. The van der Waals surface area contributed by atoms with Gasteiger partial charge in [-0.05, 0) is 35.9 Å². The maximum Gasteiger partial charge on any atom is 0.221 e. The zero-order valence-corrected chi connectivity index (χ0v) is 11.6. The van der Waals surface area contributed by atoms with Gasteiger partial charge in [0.2, 0.25) is 5.91 Å². The number of rotatable bonds is 4. The van der Waals surface area contributed by atoms with Gasteiger partial charge in [0.05, 0.1) is 24.6 Å². The van der Waals surface area contributed by atoms with Gasteiger partial charge in [-0.1, -0.05) is 12.1 Å². The van der Waals surface area contributed by atoms with Crippen LogP contribution in [-0.4, -0.2) is 23.0 Å². The number of methoxy groups -OCH3 is 1. The van der Waals surface area contributed by atoms with Gasteiger partial charge in [-0.2, -0.15) is 0 Å². The van der Waals surface area contributed by atoms with Gasteiger partial charge in [0.25, 0.3) is 0 Å². The molecule has 3 N–H and O–H groups in total. The molecule has 3 aromatic rings. The number of primary amides is 1. The predicted octanol–water partition coefficient (Wildman–Crippen LogP) is 2.27. The van der Waals surface area contributed by atoms with Crippen LogP contribution in [0.5, 0.6) is 5.75 Å². The van der Waals surface area contributed by atoms with Gasteiger partial charge in [0.15, 0.2) is 0 Å². The predicted molar refractivity (Wildman–Crippen MR) is 81.0 cm³/mol. The second kappa shape index (κ2) is 5.28. The van der Waals surface area contributed by atoms with E-state index in [9.17, 15) is 4.79 Å². The van der Waals surface area contributed by atoms with Crippen LogP contribution in [0.4, 0.5) is 0 Å². The maximum atomic E-state index is 11.1. The standard InChI is InChI=1S/C16H15N3O2/c1-21-12-7-5-10(6-8-12)16-18-13-4-2-3-11(9-14(17)20)15(13)19-16/h2-8H,9H2,1H3,(H2,17,20)(H,18,19). The Hall–Kier alpha value is -2.82. The number of amides is 1. The molecule has 5 heteroatoms. The molecule has 0 fully saturated rings. The fraction of sp³-hybridized carbons (Fsp3) is 0.125. The third kappa shape index (κ3) is 2.58. The molecule has 0 atom stereocenters. The number of para-hydroxylation sites is 1. The first-order valence-corrected chi connectivity index (χ1v) is 6.57. The van der Waals surface area contributed by atoms with Gasteiger partial charge < -0.3 is 15.5 Å². The first kappa shape index (κ1) is 13.2. The van der Waals surface area contributed by atoms with Crippen molar-refractivity contribution in [1.82, 2.24) is 9.97 Å². The summed E-state index contributed by atoms with van der Waals surface area (Å²) in [5.41, 5.74) is 8.73. The van der Waals surface area contributed by atoms with Gasteiger partial charge in [-0.15, -0.1) is 0 Å².